The van der Waals surface area contributed by atoms with Gasteiger partial charge in [0.15, 0.2) is 0 Å². The van der Waals surface area contributed by atoms with Crippen molar-refractivity contribution < 1.29 is 9.90 Å². The Morgan fingerprint density at radius 2 is 1.94 bits per heavy atom. The maximum Gasteiger partial charge on any atom is 0.307 e. The normalized spacial score (nSPS) is 10.5. The molecule has 0 saturated heterocycles. The van der Waals surface area contributed by atoms with Gasteiger partial charge in [-0.3, -0.25) is 9.59 Å². The van der Waals surface area contributed by atoms with Crippen molar-refractivity contribution in [3.8, 4) is 0 Å². The van der Waals surface area contributed by atoms with E-state index in [1.54, 1.807) is 16.8 Å². The lowest BCUT2D eigenvalue weighted by Gasteiger charge is -2.07. The Labute approximate surface area is 106 Å². The highest BCUT2D eigenvalue weighted by atomic mass is 16.4. The van der Waals surface area contributed by atoms with Crippen LogP contribution in [0.1, 0.15) is 31.2 Å². The van der Waals surface area contributed by atoms with Crippen molar-refractivity contribution >= 4 is 5.97 Å². The number of rotatable bonds is 8. The summed E-state index contributed by atoms with van der Waals surface area (Å²) in [4.78, 5) is 22.2. The molecule has 0 aliphatic carbocycles. The van der Waals surface area contributed by atoms with Crippen molar-refractivity contribution in [3.05, 3.63) is 34.2 Å². The molecule has 18 heavy (non-hydrogen) atoms. The second-order valence-electron chi connectivity index (χ2n) is 4.34. The summed E-state index contributed by atoms with van der Waals surface area (Å²) >= 11 is 0. The zero-order valence-corrected chi connectivity index (χ0v) is 10.5. The molecule has 0 amide bonds. The van der Waals surface area contributed by atoms with Gasteiger partial charge in [0.2, 0.25) is 0 Å². The summed E-state index contributed by atoms with van der Waals surface area (Å²) in [6.45, 7) is 1.34. The lowest BCUT2D eigenvalue weighted by atomic mass is 10.2. The van der Waals surface area contributed by atoms with Gasteiger partial charge in [-0.25, -0.2) is 0 Å². The highest BCUT2D eigenvalue weighted by molar-refractivity contribution is 5.69. The Morgan fingerprint density at radius 1 is 1.22 bits per heavy atom. The second kappa shape index (κ2) is 7.66. The van der Waals surface area contributed by atoms with Crippen molar-refractivity contribution in [1.82, 2.24) is 4.57 Å². The van der Waals surface area contributed by atoms with E-state index >= 15 is 0 Å². The van der Waals surface area contributed by atoms with Crippen LogP contribution in [0.4, 0.5) is 0 Å². The Kier molecular flexibility index (Phi) is 6.14. The summed E-state index contributed by atoms with van der Waals surface area (Å²) in [5, 5.41) is 8.70. The topological polar surface area (TPSA) is 85.3 Å². The minimum atomic E-state index is -0.886. The first-order valence-corrected chi connectivity index (χ1v) is 6.24. The van der Waals surface area contributed by atoms with Crippen LogP contribution in [-0.4, -0.2) is 22.2 Å². The Morgan fingerprint density at radius 3 is 2.61 bits per heavy atom. The van der Waals surface area contributed by atoms with Gasteiger partial charge in [-0.15, -0.1) is 0 Å². The first-order chi connectivity index (χ1) is 8.63. The third-order valence-electron chi connectivity index (χ3n) is 2.75. The molecule has 1 heterocycles. The number of hydrogen-bond acceptors (Lipinski definition) is 3. The van der Waals surface area contributed by atoms with Gasteiger partial charge in [-0.05, 0) is 24.9 Å². The van der Waals surface area contributed by atoms with Crippen LogP contribution in [0.2, 0.25) is 0 Å². The van der Waals surface area contributed by atoms with E-state index in [2.05, 4.69) is 0 Å². The molecule has 0 fully saturated rings. The number of unbranched alkanes of at least 4 members (excludes halogenated alkanes) is 3. The Balaban J connectivity index is 2.53. The van der Waals surface area contributed by atoms with E-state index in [0.717, 1.165) is 25.7 Å². The maximum absolute atomic E-state index is 11.6. The molecule has 1 rings (SSSR count). The first-order valence-electron chi connectivity index (χ1n) is 6.24. The number of aryl methyl sites for hydroxylation is 1. The van der Waals surface area contributed by atoms with E-state index in [-0.39, 0.29) is 12.0 Å². The fourth-order valence-electron chi connectivity index (χ4n) is 1.81. The number of nitrogens with two attached hydrogens (primary N) is 1. The fraction of sp³-hybridized carbons (Fsp3) is 0.538. The molecule has 5 heteroatoms. The average Bonchev–Trinajstić information content (AvgIpc) is 2.32. The molecule has 0 unspecified atom stereocenters. The van der Waals surface area contributed by atoms with Gasteiger partial charge >= 0.3 is 5.97 Å². The van der Waals surface area contributed by atoms with Gasteiger partial charge in [0.25, 0.3) is 5.56 Å². The molecule has 5 nitrogen and oxygen atoms in total. The van der Waals surface area contributed by atoms with Gasteiger partial charge in [-0.2, -0.15) is 0 Å². The molecule has 0 bridgehead atoms. The smallest absolute Gasteiger partial charge is 0.307 e. The highest BCUT2D eigenvalue weighted by Gasteiger charge is 2.03. The van der Waals surface area contributed by atoms with Crippen molar-refractivity contribution in [2.45, 2.75) is 38.6 Å². The minimum Gasteiger partial charge on any atom is -0.481 e. The van der Waals surface area contributed by atoms with Crippen molar-refractivity contribution in [2.75, 3.05) is 6.54 Å². The van der Waals surface area contributed by atoms with Gasteiger partial charge in [0, 0.05) is 18.8 Å². The van der Waals surface area contributed by atoms with Gasteiger partial charge in [-0.1, -0.05) is 18.9 Å². The van der Waals surface area contributed by atoms with E-state index in [4.69, 9.17) is 10.8 Å². The molecule has 0 atom stereocenters. The van der Waals surface area contributed by atoms with E-state index in [1.165, 1.54) is 6.07 Å². The third kappa shape index (κ3) is 5.14. The Hall–Kier alpha value is -1.62. The number of hydrogen-bond donors (Lipinski definition) is 2. The molecular formula is C13H20N2O3. The van der Waals surface area contributed by atoms with Crippen molar-refractivity contribution in [1.29, 1.82) is 0 Å². The van der Waals surface area contributed by atoms with Crippen LogP contribution >= 0.6 is 0 Å². The predicted molar refractivity (Wildman–Crippen MR) is 69.6 cm³/mol. The van der Waals surface area contributed by atoms with Crippen LogP contribution < -0.4 is 11.3 Å². The molecular weight excluding hydrogens is 232 g/mol. The molecule has 100 valence electrons. The summed E-state index contributed by atoms with van der Waals surface area (Å²) < 4.78 is 1.58. The number of aromatic nitrogens is 1. The molecule has 1 aromatic rings. The van der Waals surface area contributed by atoms with E-state index in [9.17, 15) is 9.59 Å². The summed E-state index contributed by atoms with van der Waals surface area (Å²) in [5.41, 5.74) is 5.98. The average molecular weight is 252 g/mol. The van der Waals surface area contributed by atoms with Gasteiger partial charge in [0.1, 0.15) is 0 Å². The van der Waals surface area contributed by atoms with E-state index in [0.29, 0.717) is 18.7 Å². The monoisotopic (exact) mass is 252 g/mol. The largest absolute Gasteiger partial charge is 0.481 e. The quantitative estimate of drug-likeness (QED) is 0.676. The number of pyridine rings is 1. The molecule has 3 N–H and O–H groups in total. The molecule has 0 aliphatic rings. The number of carboxylic acids is 1. The molecule has 0 spiro atoms. The van der Waals surface area contributed by atoms with Crippen LogP contribution in [0, 0.1) is 0 Å². The summed E-state index contributed by atoms with van der Waals surface area (Å²) in [7, 11) is 0. The standard InChI is InChI=1S/C13H20N2O3/c14-7-3-1-2-4-8-15-10-11(9-13(17)18)5-6-12(15)16/h5-6,10H,1-4,7-9,14H2,(H,17,18). The first kappa shape index (κ1) is 14.4. The molecule has 1 aromatic heterocycles. The van der Waals surface area contributed by atoms with Crippen LogP contribution in [-0.2, 0) is 17.8 Å². The lowest BCUT2D eigenvalue weighted by molar-refractivity contribution is -0.136. The fourth-order valence-corrected chi connectivity index (χ4v) is 1.81. The highest BCUT2D eigenvalue weighted by Crippen LogP contribution is 2.02. The van der Waals surface area contributed by atoms with Gasteiger partial charge in [0.05, 0.1) is 6.42 Å². The van der Waals surface area contributed by atoms with Crippen LogP contribution in [0.25, 0.3) is 0 Å². The summed E-state index contributed by atoms with van der Waals surface area (Å²) in [6, 6.07) is 3.00. The molecule has 0 radical (unpaired) electrons. The predicted octanol–water partition coefficient (Wildman–Crippen LogP) is 0.994. The zero-order valence-electron chi connectivity index (χ0n) is 10.5. The summed E-state index contributed by atoms with van der Waals surface area (Å²) in [5.74, 6) is -0.886. The molecule has 0 aromatic carbocycles. The Bertz CT molecular complexity index is 440. The van der Waals surface area contributed by atoms with Crippen molar-refractivity contribution in [2.24, 2.45) is 5.73 Å². The molecule has 0 saturated carbocycles. The third-order valence-corrected chi connectivity index (χ3v) is 2.75. The molecule has 0 aliphatic heterocycles. The van der Waals surface area contributed by atoms with Crippen LogP contribution in [0.3, 0.4) is 0 Å². The number of carbonyl (C=O) groups is 1. The van der Waals surface area contributed by atoms with E-state index < -0.39 is 5.97 Å². The van der Waals surface area contributed by atoms with Crippen LogP contribution in [0.15, 0.2) is 23.1 Å². The number of aliphatic carboxylic acids is 1. The number of nitrogens with zero attached hydrogens (tertiary/aromatic N) is 1. The minimum absolute atomic E-state index is 0.0482. The van der Waals surface area contributed by atoms with Crippen molar-refractivity contribution in [3.63, 3.8) is 0 Å². The van der Waals surface area contributed by atoms with Gasteiger partial charge < -0.3 is 15.4 Å². The second-order valence-corrected chi connectivity index (χ2v) is 4.34. The van der Waals surface area contributed by atoms with E-state index in [1.807, 2.05) is 0 Å². The number of carboxylic acid groups (broad SMARTS) is 1. The summed E-state index contributed by atoms with van der Waals surface area (Å²) in [6.07, 6.45) is 5.62. The van der Waals surface area contributed by atoms with Crippen LogP contribution in [0.5, 0.6) is 0 Å². The lowest BCUT2D eigenvalue weighted by Crippen LogP contribution is -2.19. The zero-order chi connectivity index (χ0) is 13.4. The SMILES string of the molecule is NCCCCCCn1cc(CC(=O)O)ccc1=O. The maximum atomic E-state index is 11.6.